The first-order valence-electron chi connectivity index (χ1n) is 6.11. The minimum atomic E-state index is -0.472. The zero-order valence-electron chi connectivity index (χ0n) is 10.8. The van der Waals surface area contributed by atoms with E-state index in [0.717, 1.165) is 11.9 Å². The molecule has 0 amide bonds. The number of ether oxygens (including phenoxy) is 1. The number of alkyl halides is 1. The molecule has 0 N–H and O–H groups in total. The topological polar surface area (TPSA) is 52.8 Å². The Bertz CT molecular complexity index is 748. The van der Waals surface area contributed by atoms with E-state index >= 15 is 0 Å². The standard InChI is InChI=1S/C14H10ClFN4O/c15-7-10-6-11(16)8-17-13(10)21-14-18-9-20(19-14)12-4-2-1-3-5-12/h1-6,8-9H,7H2. The first-order valence-corrected chi connectivity index (χ1v) is 6.65. The van der Waals surface area contributed by atoms with Gasteiger partial charge < -0.3 is 4.74 Å². The van der Waals surface area contributed by atoms with Crippen molar-refractivity contribution in [2.75, 3.05) is 0 Å². The highest BCUT2D eigenvalue weighted by atomic mass is 35.5. The number of hydrogen-bond donors (Lipinski definition) is 0. The van der Waals surface area contributed by atoms with E-state index in [1.165, 1.54) is 12.4 Å². The van der Waals surface area contributed by atoms with E-state index in [1.807, 2.05) is 30.3 Å². The molecule has 0 bridgehead atoms. The van der Waals surface area contributed by atoms with Gasteiger partial charge in [-0.1, -0.05) is 18.2 Å². The summed E-state index contributed by atoms with van der Waals surface area (Å²) in [6.07, 6.45) is 2.58. The molecule has 0 saturated carbocycles. The molecule has 0 radical (unpaired) electrons. The molecule has 21 heavy (non-hydrogen) atoms. The number of para-hydroxylation sites is 1. The molecule has 0 aliphatic rings. The van der Waals surface area contributed by atoms with Gasteiger partial charge in [0.1, 0.15) is 12.1 Å². The van der Waals surface area contributed by atoms with Crippen LogP contribution in [0.2, 0.25) is 0 Å². The van der Waals surface area contributed by atoms with Gasteiger partial charge in [0.2, 0.25) is 5.88 Å². The number of hydrogen-bond acceptors (Lipinski definition) is 4. The van der Waals surface area contributed by atoms with Crippen molar-refractivity contribution in [1.29, 1.82) is 0 Å². The molecule has 0 fully saturated rings. The van der Waals surface area contributed by atoms with E-state index in [4.69, 9.17) is 16.3 Å². The Kier molecular flexibility index (Phi) is 3.79. The quantitative estimate of drug-likeness (QED) is 0.694. The van der Waals surface area contributed by atoms with E-state index in [0.29, 0.717) is 5.56 Å². The lowest BCUT2D eigenvalue weighted by Gasteiger charge is -2.04. The average molecular weight is 305 g/mol. The van der Waals surface area contributed by atoms with Gasteiger partial charge in [0, 0.05) is 5.56 Å². The van der Waals surface area contributed by atoms with Gasteiger partial charge in [0.25, 0.3) is 0 Å². The fourth-order valence-corrected chi connectivity index (χ4v) is 1.93. The molecule has 7 heteroatoms. The molecule has 0 spiro atoms. The molecule has 1 aromatic carbocycles. The molecule has 2 heterocycles. The van der Waals surface area contributed by atoms with Crippen LogP contribution in [0.4, 0.5) is 4.39 Å². The van der Waals surface area contributed by atoms with Crippen LogP contribution in [0.15, 0.2) is 48.9 Å². The summed E-state index contributed by atoms with van der Waals surface area (Å²) in [4.78, 5) is 7.89. The van der Waals surface area contributed by atoms with Crippen molar-refractivity contribution in [1.82, 2.24) is 19.7 Å². The maximum Gasteiger partial charge on any atom is 0.342 e. The van der Waals surface area contributed by atoms with E-state index in [-0.39, 0.29) is 17.8 Å². The van der Waals surface area contributed by atoms with Crippen molar-refractivity contribution >= 4 is 11.6 Å². The number of pyridine rings is 1. The second-order valence-electron chi connectivity index (χ2n) is 4.16. The minimum absolute atomic E-state index is 0.0828. The van der Waals surface area contributed by atoms with E-state index < -0.39 is 5.82 Å². The zero-order valence-corrected chi connectivity index (χ0v) is 11.5. The summed E-state index contributed by atoms with van der Waals surface area (Å²) in [5, 5.41) is 4.18. The molecule has 0 aliphatic carbocycles. The zero-order chi connectivity index (χ0) is 14.7. The molecule has 0 aliphatic heterocycles. The van der Waals surface area contributed by atoms with Crippen LogP contribution in [0.1, 0.15) is 5.56 Å². The Labute approximate surface area is 125 Å². The number of rotatable bonds is 4. The second kappa shape index (κ2) is 5.88. The van der Waals surface area contributed by atoms with Gasteiger partial charge in [-0.2, -0.15) is 4.98 Å². The van der Waals surface area contributed by atoms with Crippen molar-refractivity contribution in [3.63, 3.8) is 0 Å². The van der Waals surface area contributed by atoms with Gasteiger partial charge in [-0.25, -0.2) is 14.1 Å². The monoisotopic (exact) mass is 304 g/mol. The highest BCUT2D eigenvalue weighted by molar-refractivity contribution is 6.17. The van der Waals surface area contributed by atoms with E-state index in [2.05, 4.69) is 15.1 Å². The smallest absolute Gasteiger partial charge is 0.342 e. The predicted octanol–water partition coefficient (Wildman–Crippen LogP) is 3.33. The molecule has 3 rings (SSSR count). The van der Waals surface area contributed by atoms with Crippen molar-refractivity contribution < 1.29 is 9.13 Å². The molecule has 0 unspecified atom stereocenters. The Morgan fingerprint density at radius 3 is 2.76 bits per heavy atom. The molecule has 3 aromatic rings. The molecular formula is C14H10ClFN4O. The third-order valence-electron chi connectivity index (χ3n) is 2.72. The van der Waals surface area contributed by atoms with Crippen LogP contribution in [-0.2, 0) is 5.88 Å². The maximum atomic E-state index is 13.1. The van der Waals surface area contributed by atoms with Gasteiger partial charge in [0.15, 0.2) is 0 Å². The number of halogens is 2. The average Bonchev–Trinajstić information content (AvgIpc) is 2.98. The first-order chi connectivity index (χ1) is 10.3. The molecule has 0 saturated heterocycles. The largest absolute Gasteiger partial charge is 0.404 e. The first kappa shape index (κ1) is 13.5. The maximum absolute atomic E-state index is 13.1. The Hall–Kier alpha value is -2.47. The Balaban J connectivity index is 1.85. The van der Waals surface area contributed by atoms with Gasteiger partial charge in [0.05, 0.1) is 17.8 Å². The lowest BCUT2D eigenvalue weighted by atomic mass is 10.3. The molecule has 0 atom stereocenters. The van der Waals surface area contributed by atoms with Crippen molar-refractivity contribution in [3.05, 3.63) is 60.3 Å². The summed E-state index contributed by atoms with van der Waals surface area (Å²) in [6.45, 7) is 0. The highest BCUT2D eigenvalue weighted by Gasteiger charge is 2.11. The number of benzene rings is 1. The third-order valence-corrected chi connectivity index (χ3v) is 3.00. The van der Waals surface area contributed by atoms with Gasteiger partial charge in [-0.15, -0.1) is 16.7 Å². The second-order valence-corrected chi connectivity index (χ2v) is 4.43. The predicted molar refractivity (Wildman–Crippen MR) is 75.2 cm³/mol. The van der Waals surface area contributed by atoms with Crippen LogP contribution in [0, 0.1) is 5.82 Å². The Morgan fingerprint density at radius 1 is 1.19 bits per heavy atom. The van der Waals surface area contributed by atoms with Crippen LogP contribution >= 0.6 is 11.6 Å². The molecule has 2 aromatic heterocycles. The molecule has 106 valence electrons. The summed E-state index contributed by atoms with van der Waals surface area (Å²) < 4.78 is 20.1. The van der Waals surface area contributed by atoms with Crippen LogP contribution in [0.5, 0.6) is 11.9 Å². The lowest BCUT2D eigenvalue weighted by Crippen LogP contribution is -1.97. The van der Waals surface area contributed by atoms with Gasteiger partial charge in [-0.3, -0.25) is 0 Å². The lowest BCUT2D eigenvalue weighted by molar-refractivity contribution is 0.418. The van der Waals surface area contributed by atoms with Crippen LogP contribution in [-0.4, -0.2) is 19.7 Å². The SMILES string of the molecule is Fc1cnc(Oc2ncn(-c3ccccc3)n2)c(CCl)c1. The van der Waals surface area contributed by atoms with Gasteiger partial charge in [-0.05, 0) is 18.2 Å². The summed E-state index contributed by atoms with van der Waals surface area (Å²) in [5.41, 5.74) is 1.29. The molecular weight excluding hydrogens is 295 g/mol. The normalized spacial score (nSPS) is 10.6. The Morgan fingerprint density at radius 2 is 2.00 bits per heavy atom. The van der Waals surface area contributed by atoms with Gasteiger partial charge >= 0.3 is 6.01 Å². The fourth-order valence-electron chi connectivity index (χ4n) is 1.74. The van der Waals surface area contributed by atoms with Crippen LogP contribution < -0.4 is 4.74 Å². The number of aromatic nitrogens is 4. The summed E-state index contributed by atoms with van der Waals surface area (Å²) in [5.74, 6) is -0.197. The van der Waals surface area contributed by atoms with Crippen LogP contribution in [0.25, 0.3) is 5.69 Å². The highest BCUT2D eigenvalue weighted by Crippen LogP contribution is 2.22. The van der Waals surface area contributed by atoms with E-state index in [1.54, 1.807) is 4.68 Å². The molecule has 5 nitrogen and oxygen atoms in total. The van der Waals surface area contributed by atoms with Crippen molar-refractivity contribution in [2.45, 2.75) is 5.88 Å². The minimum Gasteiger partial charge on any atom is -0.404 e. The van der Waals surface area contributed by atoms with E-state index in [9.17, 15) is 4.39 Å². The number of nitrogens with zero attached hydrogens (tertiary/aromatic N) is 4. The summed E-state index contributed by atoms with van der Waals surface area (Å²) in [7, 11) is 0. The summed E-state index contributed by atoms with van der Waals surface area (Å²) >= 11 is 5.74. The summed E-state index contributed by atoms with van der Waals surface area (Å²) in [6, 6.07) is 10.9. The van der Waals surface area contributed by atoms with Crippen LogP contribution in [0.3, 0.4) is 0 Å². The van der Waals surface area contributed by atoms with Crippen molar-refractivity contribution in [3.8, 4) is 17.6 Å². The fraction of sp³-hybridized carbons (Fsp3) is 0.0714. The van der Waals surface area contributed by atoms with Crippen molar-refractivity contribution in [2.24, 2.45) is 0 Å². The third kappa shape index (κ3) is 3.00.